The lowest BCUT2D eigenvalue weighted by molar-refractivity contribution is 0.460. The minimum absolute atomic E-state index is 0.0108. The van der Waals surface area contributed by atoms with Gasteiger partial charge < -0.3 is 5.73 Å². The van der Waals surface area contributed by atoms with Crippen molar-refractivity contribution >= 4 is 27.8 Å². The first-order chi connectivity index (χ1) is 17.4. The number of nitrogens with zero attached hydrogens (tertiary/aromatic N) is 8. The maximum Gasteiger partial charge on any atom is 0.264 e. The third kappa shape index (κ3) is 3.37. The summed E-state index contributed by atoms with van der Waals surface area (Å²) in [7, 11) is 0. The summed E-state index contributed by atoms with van der Waals surface area (Å²) in [6, 6.07) is 4.27. The van der Waals surface area contributed by atoms with Crippen LogP contribution in [-0.2, 0) is 0 Å². The molecule has 11 heteroatoms. The van der Waals surface area contributed by atoms with Gasteiger partial charge in [0, 0.05) is 23.8 Å². The molecule has 1 aromatic carbocycles. The Labute approximate surface area is 205 Å². The summed E-state index contributed by atoms with van der Waals surface area (Å²) in [4.78, 5) is 27.0. The summed E-state index contributed by atoms with van der Waals surface area (Å²) in [5.41, 5.74) is 8.22. The Hall–Kier alpha value is -4.15. The zero-order valence-corrected chi connectivity index (χ0v) is 20.3. The first kappa shape index (κ1) is 22.3. The van der Waals surface area contributed by atoms with Gasteiger partial charge in [-0.25, -0.2) is 24.0 Å². The Morgan fingerprint density at radius 1 is 1.19 bits per heavy atom. The molecule has 1 aliphatic rings. The molecule has 1 fully saturated rings. The van der Waals surface area contributed by atoms with E-state index in [2.05, 4.69) is 15.1 Å². The molecule has 184 valence electrons. The molecule has 1 atom stereocenters. The van der Waals surface area contributed by atoms with E-state index in [0.29, 0.717) is 40.3 Å². The first-order valence-corrected chi connectivity index (χ1v) is 12.1. The van der Waals surface area contributed by atoms with Crippen LogP contribution in [0.25, 0.3) is 33.2 Å². The fraction of sp³-hybridized carbons (Fsp3) is 0.360. The van der Waals surface area contributed by atoms with Crippen molar-refractivity contribution in [1.82, 2.24) is 39.1 Å². The van der Waals surface area contributed by atoms with E-state index in [1.165, 1.54) is 12.4 Å². The summed E-state index contributed by atoms with van der Waals surface area (Å²) in [6.07, 6.45) is 7.34. The minimum Gasteiger partial charge on any atom is -0.383 e. The number of nitrogen functional groups attached to an aromatic ring is 1. The highest BCUT2D eigenvalue weighted by Gasteiger charge is 2.33. The van der Waals surface area contributed by atoms with Crippen molar-refractivity contribution in [1.29, 1.82) is 0 Å². The van der Waals surface area contributed by atoms with Crippen LogP contribution in [0.3, 0.4) is 0 Å². The predicted octanol–water partition coefficient (Wildman–Crippen LogP) is 4.04. The number of halogens is 1. The maximum atomic E-state index is 14.6. The van der Waals surface area contributed by atoms with Gasteiger partial charge in [-0.05, 0) is 45.2 Å². The lowest BCUT2D eigenvalue weighted by Crippen LogP contribution is -2.29. The molecule has 0 spiro atoms. The molecule has 1 unspecified atom stereocenters. The number of rotatable bonds is 6. The highest BCUT2D eigenvalue weighted by molar-refractivity contribution is 5.98. The van der Waals surface area contributed by atoms with E-state index >= 15 is 0 Å². The molecule has 0 amide bonds. The lowest BCUT2D eigenvalue weighted by Gasteiger charge is -2.21. The van der Waals surface area contributed by atoms with Gasteiger partial charge >= 0.3 is 0 Å². The molecule has 4 heterocycles. The summed E-state index contributed by atoms with van der Waals surface area (Å²) in [5.74, 6) is 0.282. The van der Waals surface area contributed by atoms with Crippen molar-refractivity contribution in [3.05, 3.63) is 58.9 Å². The van der Waals surface area contributed by atoms with E-state index in [-0.39, 0.29) is 23.0 Å². The smallest absolute Gasteiger partial charge is 0.264 e. The number of aromatic nitrogens is 8. The Bertz CT molecular complexity index is 1680. The third-order valence-electron chi connectivity index (χ3n) is 6.72. The highest BCUT2D eigenvalue weighted by Crippen LogP contribution is 2.39. The molecule has 4 aromatic heterocycles. The SMILES string of the molecule is CCC(c1nc2cccc(F)c2c(=O)n1C1CC1)n1nc(-c2cnn(C(C)C)c2)c2c(N)ncnc21. The number of fused-ring (bicyclic) bond motifs is 2. The van der Waals surface area contributed by atoms with Crippen molar-refractivity contribution in [3.8, 4) is 11.3 Å². The van der Waals surface area contributed by atoms with Crippen LogP contribution in [-0.4, -0.2) is 39.1 Å². The van der Waals surface area contributed by atoms with Gasteiger partial charge in [-0.1, -0.05) is 13.0 Å². The molecule has 0 aliphatic heterocycles. The zero-order chi connectivity index (χ0) is 25.1. The van der Waals surface area contributed by atoms with Crippen LogP contribution in [0.1, 0.15) is 64.0 Å². The molecule has 0 radical (unpaired) electrons. The second-order valence-electron chi connectivity index (χ2n) is 9.49. The van der Waals surface area contributed by atoms with Gasteiger partial charge in [0.25, 0.3) is 5.56 Å². The summed E-state index contributed by atoms with van der Waals surface area (Å²) >= 11 is 0. The topological polar surface area (TPSA) is 122 Å². The fourth-order valence-electron chi connectivity index (χ4n) is 4.76. The van der Waals surface area contributed by atoms with Gasteiger partial charge in [0.2, 0.25) is 0 Å². The van der Waals surface area contributed by atoms with Crippen LogP contribution in [0.5, 0.6) is 0 Å². The first-order valence-electron chi connectivity index (χ1n) is 12.1. The minimum atomic E-state index is -0.562. The molecule has 36 heavy (non-hydrogen) atoms. The van der Waals surface area contributed by atoms with Gasteiger partial charge in [0.05, 0.1) is 17.1 Å². The van der Waals surface area contributed by atoms with E-state index < -0.39 is 11.9 Å². The molecule has 5 aromatic rings. The summed E-state index contributed by atoms with van der Waals surface area (Å²) in [6.45, 7) is 6.09. The number of hydrogen-bond acceptors (Lipinski definition) is 7. The van der Waals surface area contributed by atoms with Crippen LogP contribution in [0.2, 0.25) is 0 Å². The third-order valence-corrected chi connectivity index (χ3v) is 6.72. The molecule has 0 bridgehead atoms. The monoisotopic (exact) mass is 487 g/mol. The largest absolute Gasteiger partial charge is 0.383 e. The molecule has 1 aliphatic carbocycles. The number of anilines is 1. The van der Waals surface area contributed by atoms with Crippen LogP contribution in [0.4, 0.5) is 10.2 Å². The second kappa shape index (κ2) is 8.21. The van der Waals surface area contributed by atoms with Crippen molar-refractivity contribution in [2.45, 2.75) is 58.2 Å². The van der Waals surface area contributed by atoms with Crippen LogP contribution >= 0.6 is 0 Å². The number of hydrogen-bond donors (Lipinski definition) is 1. The van der Waals surface area contributed by atoms with Crippen LogP contribution in [0, 0.1) is 5.82 Å². The van der Waals surface area contributed by atoms with Crippen molar-refractivity contribution < 1.29 is 4.39 Å². The van der Waals surface area contributed by atoms with Gasteiger partial charge in [0.15, 0.2) is 5.65 Å². The Balaban J connectivity index is 1.61. The standard InChI is InChI=1S/C25H26FN9O/c1-4-18(23-31-17-7-5-6-16(26)19(17)25(36)34(23)15-8-9-15)35-24-20(22(27)28-12-29-24)21(32-35)14-10-30-33(11-14)13(2)3/h5-7,10-13,15,18H,4,8-9H2,1-3H3,(H2,27,28,29). The Morgan fingerprint density at radius 2 is 2.00 bits per heavy atom. The van der Waals surface area contributed by atoms with Gasteiger partial charge in [0.1, 0.15) is 40.9 Å². The summed E-state index contributed by atoms with van der Waals surface area (Å²) in [5, 5.41) is 10.0. The highest BCUT2D eigenvalue weighted by atomic mass is 19.1. The van der Waals surface area contributed by atoms with Crippen molar-refractivity contribution in [2.75, 3.05) is 5.73 Å². The number of nitrogens with two attached hydrogens (primary N) is 1. The number of benzene rings is 1. The van der Waals surface area contributed by atoms with E-state index in [4.69, 9.17) is 15.8 Å². The zero-order valence-electron chi connectivity index (χ0n) is 20.3. The Morgan fingerprint density at radius 3 is 2.69 bits per heavy atom. The summed E-state index contributed by atoms with van der Waals surface area (Å²) < 4.78 is 19.9. The Kier molecular flexibility index (Phi) is 5.09. The molecular weight excluding hydrogens is 461 g/mol. The molecule has 1 saturated carbocycles. The normalized spacial score (nSPS) is 14.8. The van der Waals surface area contributed by atoms with Crippen LogP contribution in [0.15, 0.2) is 41.7 Å². The van der Waals surface area contributed by atoms with E-state index in [0.717, 1.165) is 18.4 Å². The lowest BCUT2D eigenvalue weighted by atomic mass is 10.1. The van der Waals surface area contributed by atoms with Crippen molar-refractivity contribution in [3.63, 3.8) is 0 Å². The van der Waals surface area contributed by atoms with Crippen LogP contribution < -0.4 is 11.3 Å². The average molecular weight is 488 g/mol. The molecular formula is C25H26FN9O. The van der Waals surface area contributed by atoms with E-state index in [9.17, 15) is 9.18 Å². The molecule has 6 rings (SSSR count). The fourth-order valence-corrected chi connectivity index (χ4v) is 4.76. The predicted molar refractivity (Wildman–Crippen MR) is 134 cm³/mol. The average Bonchev–Trinajstić information content (AvgIpc) is 3.42. The van der Waals surface area contributed by atoms with Gasteiger partial charge in [-0.15, -0.1) is 0 Å². The van der Waals surface area contributed by atoms with E-state index in [1.807, 2.05) is 31.6 Å². The van der Waals surface area contributed by atoms with E-state index in [1.54, 1.807) is 27.6 Å². The van der Waals surface area contributed by atoms with Crippen molar-refractivity contribution in [2.24, 2.45) is 0 Å². The van der Waals surface area contributed by atoms with Gasteiger partial charge in [-0.3, -0.25) is 14.0 Å². The molecule has 0 saturated heterocycles. The quantitative estimate of drug-likeness (QED) is 0.383. The molecule has 2 N–H and O–H groups in total. The van der Waals surface area contributed by atoms with Gasteiger partial charge in [-0.2, -0.15) is 10.2 Å². The molecule has 10 nitrogen and oxygen atoms in total. The second-order valence-corrected chi connectivity index (χ2v) is 9.49. The maximum absolute atomic E-state index is 14.6.